The molecule has 0 spiro atoms. The van der Waals surface area contributed by atoms with Crippen LogP contribution in [0.4, 0.5) is 0 Å². The Morgan fingerprint density at radius 2 is 1.81 bits per heavy atom. The van der Waals surface area contributed by atoms with Crippen LogP contribution in [0.25, 0.3) is 0 Å². The molecule has 0 saturated heterocycles. The highest BCUT2D eigenvalue weighted by molar-refractivity contribution is 5.97. The fourth-order valence-electron chi connectivity index (χ4n) is 1.89. The fourth-order valence-corrected chi connectivity index (χ4v) is 1.89. The molecule has 0 aliphatic rings. The van der Waals surface area contributed by atoms with Crippen molar-refractivity contribution in [2.24, 2.45) is 0 Å². The predicted molar refractivity (Wildman–Crippen MR) is 78.8 cm³/mol. The van der Waals surface area contributed by atoms with E-state index < -0.39 is 0 Å². The van der Waals surface area contributed by atoms with E-state index in [-0.39, 0.29) is 23.0 Å². The topological polar surface area (TPSA) is 67.8 Å². The van der Waals surface area contributed by atoms with Crippen LogP contribution in [0.3, 0.4) is 0 Å². The minimum absolute atomic E-state index is 0.160. The van der Waals surface area contributed by atoms with Crippen molar-refractivity contribution in [2.45, 2.75) is 6.54 Å². The van der Waals surface area contributed by atoms with Gasteiger partial charge in [0.15, 0.2) is 11.5 Å². The van der Waals surface area contributed by atoms with E-state index in [1.807, 2.05) is 24.3 Å². The maximum atomic E-state index is 12.1. The van der Waals surface area contributed by atoms with Crippen molar-refractivity contribution in [3.63, 3.8) is 0 Å². The van der Waals surface area contributed by atoms with E-state index in [1.165, 1.54) is 7.11 Å². The summed E-state index contributed by atoms with van der Waals surface area (Å²) in [4.78, 5) is 12.1. The van der Waals surface area contributed by atoms with E-state index in [0.29, 0.717) is 6.54 Å². The average Bonchev–Trinajstić information content (AvgIpc) is 2.53. The van der Waals surface area contributed by atoms with Gasteiger partial charge in [0.05, 0.1) is 19.8 Å². The third kappa shape index (κ3) is 3.45. The molecular formula is C16H17NO4. The number of amides is 1. The summed E-state index contributed by atoms with van der Waals surface area (Å²) in [5.74, 6) is 0.511. The molecule has 0 aliphatic carbocycles. The summed E-state index contributed by atoms with van der Waals surface area (Å²) >= 11 is 0. The molecule has 5 nitrogen and oxygen atoms in total. The molecular weight excluding hydrogens is 270 g/mol. The van der Waals surface area contributed by atoms with E-state index in [4.69, 9.17) is 9.47 Å². The molecule has 0 aromatic heterocycles. The van der Waals surface area contributed by atoms with Gasteiger partial charge in [-0.15, -0.1) is 0 Å². The third-order valence-electron chi connectivity index (χ3n) is 3.08. The first-order valence-electron chi connectivity index (χ1n) is 6.42. The van der Waals surface area contributed by atoms with Gasteiger partial charge in [-0.05, 0) is 29.8 Å². The Hall–Kier alpha value is -2.69. The lowest BCUT2D eigenvalue weighted by atomic mass is 10.1. The second-order valence-electron chi connectivity index (χ2n) is 4.39. The highest BCUT2D eigenvalue weighted by Gasteiger charge is 2.14. The van der Waals surface area contributed by atoms with Crippen molar-refractivity contribution >= 4 is 5.91 Å². The molecule has 0 atom stereocenters. The number of carbonyl (C=O) groups excluding carboxylic acids is 1. The van der Waals surface area contributed by atoms with Gasteiger partial charge in [0.1, 0.15) is 5.75 Å². The average molecular weight is 287 g/mol. The minimum atomic E-state index is -0.359. The number of benzene rings is 2. The summed E-state index contributed by atoms with van der Waals surface area (Å²) in [7, 11) is 3.04. The smallest absolute Gasteiger partial charge is 0.255 e. The zero-order valence-corrected chi connectivity index (χ0v) is 11.9. The van der Waals surface area contributed by atoms with Gasteiger partial charge in [-0.25, -0.2) is 0 Å². The highest BCUT2D eigenvalue weighted by Crippen LogP contribution is 2.29. The molecule has 0 bridgehead atoms. The predicted octanol–water partition coefficient (Wildman–Crippen LogP) is 2.34. The van der Waals surface area contributed by atoms with Crippen molar-refractivity contribution in [1.29, 1.82) is 0 Å². The molecule has 0 unspecified atom stereocenters. The van der Waals surface area contributed by atoms with Crippen LogP contribution in [0.1, 0.15) is 15.9 Å². The molecule has 110 valence electrons. The molecule has 2 rings (SSSR count). The van der Waals surface area contributed by atoms with Crippen molar-refractivity contribution in [3.8, 4) is 17.2 Å². The van der Waals surface area contributed by atoms with E-state index in [9.17, 15) is 9.90 Å². The molecule has 5 heteroatoms. The zero-order valence-electron chi connectivity index (χ0n) is 11.9. The molecule has 2 aromatic rings. The van der Waals surface area contributed by atoms with E-state index in [0.717, 1.165) is 11.3 Å². The van der Waals surface area contributed by atoms with E-state index in [2.05, 4.69) is 5.32 Å². The summed E-state index contributed by atoms with van der Waals surface area (Å²) in [6.07, 6.45) is 0. The normalized spacial score (nSPS) is 10.0. The number of ether oxygens (including phenoxy) is 2. The van der Waals surface area contributed by atoms with Gasteiger partial charge in [-0.1, -0.05) is 18.2 Å². The summed E-state index contributed by atoms with van der Waals surface area (Å²) in [6.45, 7) is 0.361. The molecule has 1 amide bonds. The molecule has 2 aromatic carbocycles. The molecule has 0 heterocycles. The lowest BCUT2D eigenvalue weighted by molar-refractivity contribution is 0.0947. The number of hydrogen-bond donors (Lipinski definition) is 2. The van der Waals surface area contributed by atoms with Gasteiger partial charge >= 0.3 is 0 Å². The Kier molecular flexibility index (Phi) is 4.66. The fraction of sp³-hybridized carbons (Fsp3) is 0.188. The van der Waals surface area contributed by atoms with Crippen LogP contribution in [0, 0.1) is 0 Å². The number of rotatable bonds is 5. The molecule has 0 radical (unpaired) electrons. The second-order valence-corrected chi connectivity index (χ2v) is 4.39. The number of para-hydroxylation sites is 1. The lowest BCUT2D eigenvalue weighted by Gasteiger charge is -2.09. The number of phenols is 1. The first-order chi connectivity index (χ1) is 10.2. The molecule has 0 aliphatic heterocycles. The maximum absolute atomic E-state index is 12.1. The van der Waals surface area contributed by atoms with Crippen LogP contribution in [-0.4, -0.2) is 25.2 Å². The number of nitrogens with one attached hydrogen (secondary N) is 1. The largest absolute Gasteiger partial charge is 0.504 e. The Bertz CT molecular complexity index is 623. The van der Waals surface area contributed by atoms with Gasteiger partial charge in [0.2, 0.25) is 0 Å². The standard InChI is InChI=1S/C16H17NO4/c1-20-12-8-6-11(7-9-12)10-17-16(19)13-4-3-5-14(21-2)15(13)18/h3-9,18H,10H2,1-2H3,(H,17,19). The first-order valence-corrected chi connectivity index (χ1v) is 6.42. The molecule has 0 fully saturated rings. The number of phenolic OH excluding ortho intramolecular Hbond substituents is 1. The second kappa shape index (κ2) is 6.65. The van der Waals surface area contributed by atoms with E-state index >= 15 is 0 Å². The van der Waals surface area contributed by atoms with Crippen LogP contribution < -0.4 is 14.8 Å². The SMILES string of the molecule is COc1ccc(CNC(=O)c2cccc(OC)c2O)cc1. The Morgan fingerprint density at radius 1 is 1.10 bits per heavy atom. The maximum Gasteiger partial charge on any atom is 0.255 e. The van der Waals surface area contributed by atoms with Crippen LogP contribution in [0.5, 0.6) is 17.2 Å². The van der Waals surface area contributed by atoms with Crippen molar-refractivity contribution in [3.05, 3.63) is 53.6 Å². The number of aromatic hydroxyl groups is 1. The zero-order chi connectivity index (χ0) is 15.2. The summed E-state index contributed by atoms with van der Waals surface area (Å²) < 4.78 is 10.1. The summed E-state index contributed by atoms with van der Waals surface area (Å²) in [5.41, 5.74) is 1.12. The van der Waals surface area contributed by atoms with Gasteiger partial charge in [0.25, 0.3) is 5.91 Å². The number of methoxy groups -OCH3 is 2. The van der Waals surface area contributed by atoms with Gasteiger partial charge in [-0.3, -0.25) is 4.79 Å². The van der Waals surface area contributed by atoms with Crippen molar-refractivity contribution in [1.82, 2.24) is 5.32 Å². The lowest BCUT2D eigenvalue weighted by Crippen LogP contribution is -2.22. The van der Waals surface area contributed by atoms with Crippen LogP contribution in [-0.2, 0) is 6.54 Å². The van der Waals surface area contributed by atoms with Crippen molar-refractivity contribution in [2.75, 3.05) is 14.2 Å². The molecule has 0 saturated carbocycles. The number of hydrogen-bond acceptors (Lipinski definition) is 4. The van der Waals surface area contributed by atoms with Gasteiger partial charge in [-0.2, -0.15) is 0 Å². The molecule has 2 N–H and O–H groups in total. The van der Waals surface area contributed by atoms with Crippen molar-refractivity contribution < 1.29 is 19.4 Å². The van der Waals surface area contributed by atoms with Gasteiger partial charge in [0, 0.05) is 6.54 Å². The van der Waals surface area contributed by atoms with Crippen LogP contribution in [0.2, 0.25) is 0 Å². The Morgan fingerprint density at radius 3 is 2.43 bits per heavy atom. The summed E-state index contributed by atoms with van der Waals surface area (Å²) in [6, 6.07) is 12.2. The third-order valence-corrected chi connectivity index (χ3v) is 3.08. The first kappa shape index (κ1) is 14.7. The van der Waals surface area contributed by atoms with E-state index in [1.54, 1.807) is 25.3 Å². The van der Waals surface area contributed by atoms with Crippen LogP contribution in [0.15, 0.2) is 42.5 Å². The van der Waals surface area contributed by atoms with Gasteiger partial charge < -0.3 is 19.9 Å². The van der Waals surface area contributed by atoms with Crippen LogP contribution >= 0.6 is 0 Å². The Labute approximate surface area is 123 Å². The molecule has 21 heavy (non-hydrogen) atoms. The number of carbonyl (C=O) groups is 1. The highest BCUT2D eigenvalue weighted by atomic mass is 16.5. The Balaban J connectivity index is 2.04. The summed E-state index contributed by atoms with van der Waals surface area (Å²) in [5, 5.41) is 12.7. The monoisotopic (exact) mass is 287 g/mol. The quantitative estimate of drug-likeness (QED) is 0.885. The minimum Gasteiger partial charge on any atom is -0.504 e.